The van der Waals surface area contributed by atoms with Crippen molar-refractivity contribution in [2.24, 2.45) is 0 Å². The second kappa shape index (κ2) is 6.24. The number of para-hydroxylation sites is 1. The molecule has 2 aliphatic rings. The number of carbonyl (C=O) groups excluding carboxylic acids is 1. The Hall–Kier alpha value is -2.25. The van der Waals surface area contributed by atoms with Crippen molar-refractivity contribution in [3.8, 4) is 5.69 Å². The first-order valence-electron chi connectivity index (χ1n) is 8.65. The molecule has 132 valence electrons. The van der Waals surface area contributed by atoms with Crippen LogP contribution in [0.5, 0.6) is 0 Å². The van der Waals surface area contributed by atoms with E-state index in [-0.39, 0.29) is 11.7 Å². The molecule has 1 amide bonds. The highest BCUT2D eigenvalue weighted by Crippen LogP contribution is 2.31. The van der Waals surface area contributed by atoms with E-state index >= 15 is 0 Å². The van der Waals surface area contributed by atoms with Gasteiger partial charge in [-0.2, -0.15) is 0 Å². The minimum absolute atomic E-state index is 0.136. The lowest BCUT2D eigenvalue weighted by Gasteiger charge is -2.37. The van der Waals surface area contributed by atoms with Gasteiger partial charge in [-0.15, -0.1) is 5.10 Å². The van der Waals surface area contributed by atoms with Gasteiger partial charge in [-0.25, -0.2) is 9.67 Å². The summed E-state index contributed by atoms with van der Waals surface area (Å²) in [6.07, 6.45) is 1.38. The SMILES string of the molecule is Cc1ccccc1-n1nc(C(=O)N2CCC3(CC2)OCCO3)nc1C. The van der Waals surface area contributed by atoms with Crippen molar-refractivity contribution in [3.05, 3.63) is 41.5 Å². The van der Waals surface area contributed by atoms with E-state index in [1.54, 1.807) is 9.58 Å². The Balaban J connectivity index is 1.52. The molecule has 0 N–H and O–H groups in total. The molecular weight excluding hydrogens is 320 g/mol. The number of benzene rings is 1. The smallest absolute Gasteiger partial charge is 0.293 e. The summed E-state index contributed by atoms with van der Waals surface area (Å²) < 4.78 is 13.2. The number of ether oxygens (including phenoxy) is 2. The van der Waals surface area contributed by atoms with Crippen molar-refractivity contribution in [1.29, 1.82) is 0 Å². The van der Waals surface area contributed by atoms with Gasteiger partial charge in [0.2, 0.25) is 5.82 Å². The van der Waals surface area contributed by atoms with Crippen LogP contribution in [0.2, 0.25) is 0 Å². The molecule has 0 radical (unpaired) electrons. The highest BCUT2D eigenvalue weighted by Gasteiger charge is 2.41. The number of hydrogen-bond donors (Lipinski definition) is 0. The summed E-state index contributed by atoms with van der Waals surface area (Å²) in [7, 11) is 0. The van der Waals surface area contributed by atoms with Crippen LogP contribution in [0.15, 0.2) is 24.3 Å². The lowest BCUT2D eigenvalue weighted by atomic mass is 10.0. The Morgan fingerprint density at radius 3 is 2.48 bits per heavy atom. The average molecular weight is 342 g/mol. The molecule has 3 heterocycles. The second-order valence-corrected chi connectivity index (χ2v) is 6.58. The third-order valence-corrected chi connectivity index (χ3v) is 4.93. The molecule has 1 aromatic heterocycles. The van der Waals surface area contributed by atoms with Gasteiger partial charge in [-0.05, 0) is 25.5 Å². The minimum atomic E-state index is -0.485. The number of piperidine rings is 1. The summed E-state index contributed by atoms with van der Waals surface area (Å²) in [5.41, 5.74) is 2.03. The normalized spacial score (nSPS) is 19.5. The molecule has 2 aliphatic heterocycles. The lowest BCUT2D eigenvalue weighted by Crippen LogP contribution is -2.47. The zero-order valence-electron chi connectivity index (χ0n) is 14.6. The highest BCUT2D eigenvalue weighted by molar-refractivity contribution is 5.90. The predicted molar refractivity (Wildman–Crippen MR) is 90.6 cm³/mol. The Labute approximate surface area is 146 Å². The maximum absolute atomic E-state index is 12.8. The number of aromatic nitrogens is 3. The molecule has 7 nitrogen and oxygen atoms in total. The fraction of sp³-hybridized carbons (Fsp3) is 0.500. The first kappa shape index (κ1) is 16.2. The average Bonchev–Trinajstić information content (AvgIpc) is 3.23. The zero-order chi connectivity index (χ0) is 17.4. The number of carbonyl (C=O) groups is 1. The van der Waals surface area contributed by atoms with Gasteiger partial charge in [0.05, 0.1) is 18.9 Å². The van der Waals surface area contributed by atoms with Gasteiger partial charge in [0.1, 0.15) is 5.82 Å². The molecule has 0 saturated carbocycles. The van der Waals surface area contributed by atoms with Gasteiger partial charge in [0.25, 0.3) is 5.91 Å². The van der Waals surface area contributed by atoms with Crippen LogP contribution < -0.4 is 0 Å². The third kappa shape index (κ3) is 2.94. The molecule has 1 spiro atoms. The molecular formula is C18H22N4O3. The van der Waals surface area contributed by atoms with Crippen molar-refractivity contribution >= 4 is 5.91 Å². The van der Waals surface area contributed by atoms with Gasteiger partial charge >= 0.3 is 0 Å². The number of rotatable bonds is 2. The largest absolute Gasteiger partial charge is 0.347 e. The van der Waals surface area contributed by atoms with E-state index in [0.29, 0.717) is 45.0 Å². The molecule has 0 bridgehead atoms. The summed E-state index contributed by atoms with van der Waals surface area (Å²) in [6, 6.07) is 7.93. The van der Waals surface area contributed by atoms with Crippen LogP contribution in [0, 0.1) is 13.8 Å². The summed E-state index contributed by atoms with van der Waals surface area (Å²) >= 11 is 0. The Kier molecular flexibility index (Phi) is 4.05. The van der Waals surface area contributed by atoms with Crippen LogP contribution in [-0.4, -0.2) is 57.7 Å². The van der Waals surface area contributed by atoms with Gasteiger partial charge in [-0.1, -0.05) is 18.2 Å². The molecule has 0 atom stereocenters. The first-order chi connectivity index (χ1) is 12.1. The van der Waals surface area contributed by atoms with E-state index < -0.39 is 5.79 Å². The Bertz CT molecular complexity index is 785. The van der Waals surface area contributed by atoms with E-state index in [4.69, 9.17) is 9.47 Å². The molecule has 2 saturated heterocycles. The molecule has 1 aromatic carbocycles. The molecule has 7 heteroatoms. The number of nitrogens with zero attached hydrogens (tertiary/aromatic N) is 4. The summed E-state index contributed by atoms with van der Waals surface area (Å²) in [5, 5.41) is 4.46. The fourth-order valence-electron chi connectivity index (χ4n) is 3.49. The number of likely N-dealkylation sites (tertiary alicyclic amines) is 1. The molecule has 0 unspecified atom stereocenters. The van der Waals surface area contributed by atoms with Crippen LogP contribution in [0.3, 0.4) is 0 Å². The topological polar surface area (TPSA) is 69.5 Å². The van der Waals surface area contributed by atoms with Crippen molar-refractivity contribution in [2.45, 2.75) is 32.5 Å². The van der Waals surface area contributed by atoms with E-state index in [0.717, 1.165) is 11.3 Å². The number of amides is 1. The van der Waals surface area contributed by atoms with E-state index in [2.05, 4.69) is 10.1 Å². The Morgan fingerprint density at radius 1 is 1.12 bits per heavy atom. The molecule has 0 aliphatic carbocycles. The van der Waals surface area contributed by atoms with E-state index in [9.17, 15) is 4.79 Å². The van der Waals surface area contributed by atoms with Crippen LogP contribution in [0.25, 0.3) is 5.69 Å². The van der Waals surface area contributed by atoms with Crippen LogP contribution >= 0.6 is 0 Å². The van der Waals surface area contributed by atoms with Crippen molar-refractivity contribution < 1.29 is 14.3 Å². The quantitative estimate of drug-likeness (QED) is 0.833. The highest BCUT2D eigenvalue weighted by atomic mass is 16.7. The summed E-state index contributed by atoms with van der Waals surface area (Å²) in [5.74, 6) is 0.322. The summed E-state index contributed by atoms with van der Waals surface area (Å²) in [4.78, 5) is 19.0. The second-order valence-electron chi connectivity index (χ2n) is 6.58. The fourth-order valence-corrected chi connectivity index (χ4v) is 3.49. The molecule has 2 fully saturated rings. The van der Waals surface area contributed by atoms with Crippen molar-refractivity contribution in [3.63, 3.8) is 0 Å². The first-order valence-corrected chi connectivity index (χ1v) is 8.65. The van der Waals surface area contributed by atoms with Crippen molar-refractivity contribution in [2.75, 3.05) is 26.3 Å². The minimum Gasteiger partial charge on any atom is -0.347 e. The van der Waals surface area contributed by atoms with E-state index in [1.165, 1.54) is 0 Å². The predicted octanol–water partition coefficient (Wildman–Crippen LogP) is 1.86. The third-order valence-electron chi connectivity index (χ3n) is 4.93. The van der Waals surface area contributed by atoms with E-state index in [1.807, 2.05) is 38.1 Å². The molecule has 25 heavy (non-hydrogen) atoms. The molecule has 2 aromatic rings. The van der Waals surface area contributed by atoms with Crippen LogP contribution in [0.4, 0.5) is 0 Å². The van der Waals surface area contributed by atoms with Crippen LogP contribution in [-0.2, 0) is 9.47 Å². The maximum atomic E-state index is 12.8. The number of hydrogen-bond acceptors (Lipinski definition) is 5. The Morgan fingerprint density at radius 2 is 1.80 bits per heavy atom. The van der Waals surface area contributed by atoms with Crippen LogP contribution in [0.1, 0.15) is 34.8 Å². The van der Waals surface area contributed by atoms with Crippen molar-refractivity contribution in [1.82, 2.24) is 19.7 Å². The monoisotopic (exact) mass is 342 g/mol. The summed E-state index contributed by atoms with van der Waals surface area (Å²) in [6.45, 7) is 6.34. The van der Waals surface area contributed by atoms with Gasteiger partial charge in [0.15, 0.2) is 5.79 Å². The van der Waals surface area contributed by atoms with Gasteiger partial charge < -0.3 is 14.4 Å². The maximum Gasteiger partial charge on any atom is 0.293 e. The molecule has 4 rings (SSSR count). The number of aryl methyl sites for hydroxylation is 2. The standard InChI is InChI=1S/C18H22N4O3/c1-13-5-3-4-6-15(13)22-14(2)19-16(20-22)17(23)21-9-7-18(8-10-21)24-11-12-25-18/h3-6H,7-12H2,1-2H3. The zero-order valence-corrected chi connectivity index (χ0v) is 14.6. The lowest BCUT2D eigenvalue weighted by molar-refractivity contribution is -0.181. The van der Waals surface area contributed by atoms with Gasteiger partial charge in [-0.3, -0.25) is 4.79 Å². The van der Waals surface area contributed by atoms with Gasteiger partial charge in [0, 0.05) is 25.9 Å².